The van der Waals surface area contributed by atoms with Crippen LogP contribution in [0.1, 0.15) is 41.0 Å². The van der Waals surface area contributed by atoms with Gasteiger partial charge in [0.15, 0.2) is 5.69 Å². The minimum absolute atomic E-state index is 0.0546. The molecule has 8 nitrogen and oxygen atoms in total. The van der Waals surface area contributed by atoms with E-state index in [9.17, 15) is 20.0 Å². The van der Waals surface area contributed by atoms with Crippen LogP contribution in [-0.4, -0.2) is 34.1 Å². The molecule has 8 heteroatoms. The van der Waals surface area contributed by atoms with Crippen molar-refractivity contribution < 1.29 is 19.4 Å². The van der Waals surface area contributed by atoms with Gasteiger partial charge in [0.1, 0.15) is 23.1 Å². The fraction of sp³-hybridized carbons (Fsp3) is 0.167. The molecule has 0 spiro atoms. The Morgan fingerprint density at radius 2 is 1.59 bits per heavy atom. The highest BCUT2D eigenvalue weighted by Gasteiger charge is 2.21. The third-order valence-electron chi connectivity index (χ3n) is 4.47. The minimum atomic E-state index is -1.35. The Morgan fingerprint density at radius 3 is 2.09 bits per heavy atom. The lowest BCUT2D eigenvalue weighted by Gasteiger charge is -2.10. The van der Waals surface area contributed by atoms with Crippen LogP contribution in [0.2, 0.25) is 0 Å². The minimum Gasteiger partial charge on any atom is -0.494 e. The van der Waals surface area contributed by atoms with Crippen LogP contribution < -0.4 is 15.0 Å². The van der Waals surface area contributed by atoms with E-state index in [1.807, 2.05) is 19.9 Å². The average Bonchev–Trinajstić information content (AvgIpc) is 2.79. The number of nitriles is 1. The Labute approximate surface area is 184 Å². The van der Waals surface area contributed by atoms with Gasteiger partial charge in [-0.3, -0.25) is 4.79 Å². The topological polar surface area (TPSA) is 114 Å². The molecule has 1 aromatic heterocycles. The lowest BCUT2D eigenvalue weighted by molar-refractivity contribution is 0.0688. The van der Waals surface area contributed by atoms with E-state index < -0.39 is 17.2 Å². The number of nitrogens with zero attached hydrogens (tertiary/aromatic N) is 3. The number of aromatic carboxylic acids is 1. The molecule has 0 unspecified atom stereocenters. The van der Waals surface area contributed by atoms with Gasteiger partial charge in [-0.15, -0.1) is 0 Å². The number of hydrogen-bond donors (Lipinski definition) is 1. The molecule has 32 heavy (non-hydrogen) atoms. The maximum atomic E-state index is 12.9. The van der Waals surface area contributed by atoms with Gasteiger partial charge in [0.25, 0.3) is 5.56 Å². The lowest BCUT2D eigenvalue weighted by Crippen LogP contribution is -2.28. The summed E-state index contributed by atoms with van der Waals surface area (Å²) in [6, 6.07) is 15.4. The summed E-state index contributed by atoms with van der Waals surface area (Å²) in [6.07, 6.45) is 3.02. The van der Waals surface area contributed by atoms with Crippen molar-refractivity contribution in [3.8, 4) is 23.3 Å². The third-order valence-corrected chi connectivity index (χ3v) is 4.47. The predicted octanol–water partition coefficient (Wildman–Crippen LogP) is 3.77. The first kappa shape index (κ1) is 22.3. The Bertz CT molecular complexity index is 1240. The van der Waals surface area contributed by atoms with Crippen LogP contribution in [0.5, 0.6) is 11.5 Å². The number of rotatable bonds is 8. The molecule has 0 fully saturated rings. The van der Waals surface area contributed by atoms with Gasteiger partial charge in [0, 0.05) is 5.56 Å². The predicted molar refractivity (Wildman–Crippen MR) is 119 cm³/mol. The number of carbonyl (C=O) groups is 1. The SMILES string of the molecule is CCOc1ccc(/C=C\c2c(C(=O)O)nn(-c3ccc(OCC)cc3)c(=O)c2C#N)cc1. The van der Waals surface area contributed by atoms with Crippen LogP contribution >= 0.6 is 0 Å². The van der Waals surface area contributed by atoms with Crippen LogP contribution in [-0.2, 0) is 0 Å². The highest BCUT2D eigenvalue weighted by Crippen LogP contribution is 2.19. The molecule has 1 heterocycles. The average molecular weight is 431 g/mol. The van der Waals surface area contributed by atoms with E-state index in [1.165, 1.54) is 6.08 Å². The molecule has 2 aromatic carbocycles. The first-order chi connectivity index (χ1) is 15.5. The fourth-order valence-electron chi connectivity index (χ4n) is 3.01. The smallest absolute Gasteiger partial charge is 0.357 e. The number of carboxylic acid groups (broad SMARTS) is 1. The standard InChI is InChI=1S/C24H21N3O5/c1-3-31-18-10-5-16(6-11-18)7-14-20-21(15-25)23(28)27(26-22(20)24(29)30)17-8-12-19(13-9-17)32-4-2/h5-14H,3-4H2,1-2H3,(H,29,30)/b14-7-. The molecule has 0 bridgehead atoms. The highest BCUT2D eigenvalue weighted by molar-refractivity contribution is 5.92. The van der Waals surface area contributed by atoms with Gasteiger partial charge in [-0.25, -0.2) is 4.79 Å². The number of benzene rings is 2. The van der Waals surface area contributed by atoms with Crippen molar-refractivity contribution in [3.05, 3.63) is 81.3 Å². The van der Waals surface area contributed by atoms with Gasteiger partial charge in [-0.2, -0.15) is 15.0 Å². The van der Waals surface area contributed by atoms with Gasteiger partial charge in [-0.05, 0) is 55.8 Å². The number of aromatic nitrogens is 2. The van der Waals surface area contributed by atoms with Crippen LogP contribution in [0, 0.1) is 11.3 Å². The molecule has 3 aromatic rings. The molecule has 0 atom stereocenters. The van der Waals surface area contributed by atoms with Crippen LogP contribution in [0.4, 0.5) is 0 Å². The molecule has 0 aliphatic heterocycles. The van der Waals surface area contributed by atoms with E-state index in [4.69, 9.17) is 9.47 Å². The summed E-state index contributed by atoms with van der Waals surface area (Å²) in [4.78, 5) is 24.8. The van der Waals surface area contributed by atoms with Crippen molar-refractivity contribution in [2.75, 3.05) is 13.2 Å². The largest absolute Gasteiger partial charge is 0.494 e. The van der Waals surface area contributed by atoms with E-state index in [2.05, 4.69) is 5.10 Å². The zero-order valence-electron chi connectivity index (χ0n) is 17.6. The maximum absolute atomic E-state index is 12.9. The second-order valence-corrected chi connectivity index (χ2v) is 6.53. The van der Waals surface area contributed by atoms with Gasteiger partial charge >= 0.3 is 5.97 Å². The van der Waals surface area contributed by atoms with Crippen molar-refractivity contribution >= 4 is 18.1 Å². The van der Waals surface area contributed by atoms with E-state index in [0.717, 1.165) is 10.2 Å². The monoisotopic (exact) mass is 431 g/mol. The summed E-state index contributed by atoms with van der Waals surface area (Å²) < 4.78 is 11.7. The molecule has 0 aliphatic carbocycles. The molecule has 0 saturated heterocycles. The molecule has 0 radical (unpaired) electrons. The van der Waals surface area contributed by atoms with Gasteiger partial charge in [-0.1, -0.05) is 24.3 Å². The van der Waals surface area contributed by atoms with Crippen LogP contribution in [0.15, 0.2) is 53.3 Å². The van der Waals surface area contributed by atoms with Gasteiger partial charge in [0.05, 0.1) is 18.9 Å². The molecular formula is C24H21N3O5. The second kappa shape index (κ2) is 10.1. The zero-order chi connectivity index (χ0) is 23.1. The Morgan fingerprint density at radius 1 is 1.03 bits per heavy atom. The van der Waals surface area contributed by atoms with E-state index in [0.29, 0.717) is 30.4 Å². The Hall–Kier alpha value is -4.38. The van der Waals surface area contributed by atoms with Crippen molar-refractivity contribution in [1.29, 1.82) is 5.26 Å². The second-order valence-electron chi connectivity index (χ2n) is 6.53. The first-order valence-corrected chi connectivity index (χ1v) is 9.93. The molecule has 0 amide bonds. The van der Waals surface area contributed by atoms with Gasteiger partial charge in [0.2, 0.25) is 0 Å². The Balaban J connectivity index is 2.07. The summed E-state index contributed by atoms with van der Waals surface area (Å²) in [5, 5.41) is 23.3. The zero-order valence-corrected chi connectivity index (χ0v) is 17.6. The summed E-state index contributed by atoms with van der Waals surface area (Å²) in [7, 11) is 0. The third kappa shape index (κ3) is 4.84. The van der Waals surface area contributed by atoms with E-state index in [1.54, 1.807) is 54.6 Å². The Kier molecular flexibility index (Phi) is 7.03. The van der Waals surface area contributed by atoms with E-state index in [-0.39, 0.29) is 11.1 Å². The maximum Gasteiger partial charge on any atom is 0.357 e. The lowest BCUT2D eigenvalue weighted by atomic mass is 10.1. The first-order valence-electron chi connectivity index (χ1n) is 9.93. The molecular weight excluding hydrogens is 410 g/mol. The quantitative estimate of drug-likeness (QED) is 0.577. The summed E-state index contributed by atoms with van der Waals surface area (Å²) in [6.45, 7) is 4.75. The van der Waals surface area contributed by atoms with Crippen molar-refractivity contribution in [2.24, 2.45) is 0 Å². The van der Waals surface area contributed by atoms with Crippen molar-refractivity contribution in [3.63, 3.8) is 0 Å². The highest BCUT2D eigenvalue weighted by atomic mass is 16.5. The molecule has 0 saturated carbocycles. The summed E-state index contributed by atoms with van der Waals surface area (Å²) >= 11 is 0. The van der Waals surface area contributed by atoms with Crippen LogP contribution in [0.25, 0.3) is 17.8 Å². The van der Waals surface area contributed by atoms with Crippen LogP contribution in [0.3, 0.4) is 0 Å². The van der Waals surface area contributed by atoms with Crippen molar-refractivity contribution in [1.82, 2.24) is 9.78 Å². The molecule has 3 rings (SSSR count). The van der Waals surface area contributed by atoms with Crippen molar-refractivity contribution in [2.45, 2.75) is 13.8 Å². The molecule has 0 aliphatic rings. The molecule has 1 N–H and O–H groups in total. The number of carboxylic acids is 1. The number of ether oxygens (including phenoxy) is 2. The molecule has 162 valence electrons. The number of hydrogen-bond acceptors (Lipinski definition) is 6. The normalized spacial score (nSPS) is 10.7. The fourth-order valence-corrected chi connectivity index (χ4v) is 3.01. The van der Waals surface area contributed by atoms with Gasteiger partial charge < -0.3 is 14.6 Å². The van der Waals surface area contributed by atoms with E-state index >= 15 is 0 Å². The summed E-state index contributed by atoms with van der Waals surface area (Å²) in [5.41, 5.74) is -0.427. The summed E-state index contributed by atoms with van der Waals surface area (Å²) in [5.74, 6) is -0.0566.